The molecule has 0 aliphatic heterocycles. The molecular formula is C16H13N3O3S. The lowest BCUT2D eigenvalue weighted by Crippen LogP contribution is -2.12. The Morgan fingerprint density at radius 1 is 1.22 bits per heavy atom. The van der Waals surface area contributed by atoms with Crippen molar-refractivity contribution < 1.29 is 9.72 Å². The van der Waals surface area contributed by atoms with Crippen molar-refractivity contribution in [1.82, 2.24) is 4.98 Å². The number of nitro groups is 1. The van der Waals surface area contributed by atoms with Gasteiger partial charge in [-0.3, -0.25) is 14.9 Å². The van der Waals surface area contributed by atoms with Crippen LogP contribution >= 0.6 is 11.3 Å². The zero-order chi connectivity index (χ0) is 16.2. The molecular weight excluding hydrogens is 314 g/mol. The predicted octanol–water partition coefficient (Wildman–Crippen LogP) is 3.78. The van der Waals surface area contributed by atoms with Crippen LogP contribution in [0.5, 0.6) is 0 Å². The molecule has 1 N–H and O–H groups in total. The van der Waals surface area contributed by atoms with Crippen LogP contribution in [-0.2, 0) is 11.2 Å². The standard InChI is InChI=1S/C16H13N3O3S/c20-15(17-11-4-3-5-12(10-11)19(21)22)8-9-16-18-13-6-1-2-7-14(13)23-16/h1-7,10H,8-9H2,(H,17,20). The molecule has 0 radical (unpaired) electrons. The number of non-ortho nitro benzene ring substituents is 1. The Morgan fingerprint density at radius 3 is 2.83 bits per heavy atom. The van der Waals surface area contributed by atoms with E-state index in [9.17, 15) is 14.9 Å². The summed E-state index contributed by atoms with van der Waals surface area (Å²) in [5.74, 6) is -0.190. The SMILES string of the molecule is O=C(CCc1nc2ccccc2s1)Nc1cccc([N+](=O)[O-])c1. The summed E-state index contributed by atoms with van der Waals surface area (Å²) in [6.45, 7) is 0. The average molecular weight is 327 g/mol. The number of amides is 1. The van der Waals surface area contributed by atoms with Crippen LogP contribution in [-0.4, -0.2) is 15.8 Å². The van der Waals surface area contributed by atoms with Crippen molar-refractivity contribution in [1.29, 1.82) is 0 Å². The largest absolute Gasteiger partial charge is 0.326 e. The number of nitrogens with zero attached hydrogens (tertiary/aromatic N) is 2. The Balaban J connectivity index is 1.61. The predicted molar refractivity (Wildman–Crippen MR) is 89.7 cm³/mol. The first-order valence-corrected chi connectivity index (χ1v) is 7.82. The second kappa shape index (κ2) is 6.53. The van der Waals surface area contributed by atoms with Crippen LogP contribution in [0.3, 0.4) is 0 Å². The highest BCUT2D eigenvalue weighted by Gasteiger charge is 2.10. The Labute approximate surface area is 135 Å². The van der Waals surface area contributed by atoms with Crippen molar-refractivity contribution in [3.8, 4) is 0 Å². The van der Waals surface area contributed by atoms with Crippen LogP contribution in [0.4, 0.5) is 11.4 Å². The number of benzene rings is 2. The smallest absolute Gasteiger partial charge is 0.271 e. The number of aromatic nitrogens is 1. The molecule has 0 aliphatic carbocycles. The third-order valence-corrected chi connectivity index (χ3v) is 4.34. The lowest BCUT2D eigenvalue weighted by molar-refractivity contribution is -0.384. The molecule has 23 heavy (non-hydrogen) atoms. The third kappa shape index (κ3) is 3.70. The highest BCUT2D eigenvalue weighted by molar-refractivity contribution is 7.18. The maximum Gasteiger partial charge on any atom is 0.271 e. The van der Waals surface area contributed by atoms with Gasteiger partial charge in [0.05, 0.1) is 20.1 Å². The minimum atomic E-state index is -0.489. The number of nitrogens with one attached hydrogen (secondary N) is 1. The Bertz CT molecular complexity index is 843. The number of hydrogen-bond acceptors (Lipinski definition) is 5. The molecule has 0 atom stereocenters. The summed E-state index contributed by atoms with van der Waals surface area (Å²) in [5, 5.41) is 14.3. The van der Waals surface area contributed by atoms with Gasteiger partial charge in [0.25, 0.3) is 5.69 Å². The molecule has 1 amide bonds. The molecule has 116 valence electrons. The molecule has 7 heteroatoms. The summed E-state index contributed by atoms with van der Waals surface area (Å²) in [4.78, 5) is 26.7. The fraction of sp³-hybridized carbons (Fsp3) is 0.125. The highest BCUT2D eigenvalue weighted by Crippen LogP contribution is 2.23. The molecule has 0 aliphatic rings. The van der Waals surface area contributed by atoms with Gasteiger partial charge in [-0.25, -0.2) is 4.98 Å². The first kappa shape index (κ1) is 15.1. The molecule has 1 aromatic heterocycles. The van der Waals surface area contributed by atoms with Gasteiger partial charge in [0.15, 0.2) is 0 Å². The quantitative estimate of drug-likeness (QED) is 0.571. The van der Waals surface area contributed by atoms with Crippen LogP contribution in [0.15, 0.2) is 48.5 Å². The molecule has 0 saturated carbocycles. The molecule has 0 spiro atoms. The van der Waals surface area contributed by atoms with E-state index in [2.05, 4.69) is 10.3 Å². The number of rotatable bonds is 5. The van der Waals surface area contributed by atoms with E-state index in [0.29, 0.717) is 12.1 Å². The van der Waals surface area contributed by atoms with Crippen molar-refractivity contribution in [2.24, 2.45) is 0 Å². The lowest BCUT2D eigenvalue weighted by atomic mass is 10.2. The molecule has 3 aromatic rings. The van der Waals surface area contributed by atoms with Gasteiger partial charge in [0.1, 0.15) is 0 Å². The van der Waals surface area contributed by atoms with Gasteiger partial charge in [-0.05, 0) is 18.2 Å². The minimum absolute atomic E-state index is 0.0472. The molecule has 0 fully saturated rings. The fourth-order valence-corrected chi connectivity index (χ4v) is 3.13. The van der Waals surface area contributed by atoms with Gasteiger partial charge in [-0.1, -0.05) is 18.2 Å². The maximum atomic E-state index is 12.0. The number of thiazole rings is 1. The summed E-state index contributed by atoms with van der Waals surface area (Å²) in [6, 6.07) is 13.7. The summed E-state index contributed by atoms with van der Waals surface area (Å²) in [6.07, 6.45) is 0.822. The molecule has 2 aromatic carbocycles. The molecule has 0 saturated heterocycles. The van der Waals surface area contributed by atoms with Crippen LogP contribution in [0.2, 0.25) is 0 Å². The van der Waals surface area contributed by atoms with Crippen LogP contribution < -0.4 is 5.32 Å². The first-order valence-electron chi connectivity index (χ1n) is 7.00. The third-order valence-electron chi connectivity index (χ3n) is 3.24. The Morgan fingerprint density at radius 2 is 2.04 bits per heavy atom. The van der Waals surface area contributed by atoms with Gasteiger partial charge < -0.3 is 5.32 Å². The van der Waals surface area contributed by atoms with E-state index < -0.39 is 4.92 Å². The Kier molecular flexibility index (Phi) is 4.29. The molecule has 3 rings (SSSR count). The maximum absolute atomic E-state index is 12.0. The Hall–Kier alpha value is -2.80. The number of para-hydroxylation sites is 1. The molecule has 0 bridgehead atoms. The number of carbonyl (C=O) groups excluding carboxylic acids is 1. The second-order valence-electron chi connectivity index (χ2n) is 4.93. The van der Waals surface area contributed by atoms with Crippen molar-refractivity contribution in [3.05, 3.63) is 63.7 Å². The van der Waals surface area contributed by atoms with E-state index in [1.54, 1.807) is 23.5 Å². The summed E-state index contributed by atoms with van der Waals surface area (Å²) >= 11 is 1.57. The number of carbonyl (C=O) groups is 1. The summed E-state index contributed by atoms with van der Waals surface area (Å²) in [5.41, 5.74) is 1.31. The van der Waals surface area contributed by atoms with Crippen LogP contribution in [0, 0.1) is 10.1 Å². The lowest BCUT2D eigenvalue weighted by Gasteiger charge is -2.04. The van der Waals surface area contributed by atoms with E-state index in [-0.39, 0.29) is 18.0 Å². The summed E-state index contributed by atoms with van der Waals surface area (Å²) in [7, 11) is 0. The zero-order valence-electron chi connectivity index (χ0n) is 12.1. The van der Waals surface area contributed by atoms with E-state index in [4.69, 9.17) is 0 Å². The molecule has 0 unspecified atom stereocenters. The number of anilines is 1. The van der Waals surface area contributed by atoms with Gasteiger partial charge in [-0.15, -0.1) is 11.3 Å². The van der Waals surface area contributed by atoms with Gasteiger partial charge in [-0.2, -0.15) is 0 Å². The van der Waals surface area contributed by atoms with Gasteiger partial charge >= 0.3 is 0 Å². The molecule has 1 heterocycles. The van der Waals surface area contributed by atoms with Crippen molar-refractivity contribution in [3.63, 3.8) is 0 Å². The highest BCUT2D eigenvalue weighted by atomic mass is 32.1. The van der Waals surface area contributed by atoms with Gasteiger partial charge in [0, 0.05) is 30.7 Å². The monoisotopic (exact) mass is 327 g/mol. The fourth-order valence-electron chi connectivity index (χ4n) is 2.17. The van der Waals surface area contributed by atoms with E-state index in [0.717, 1.165) is 15.2 Å². The first-order chi connectivity index (χ1) is 11.1. The number of hydrogen-bond donors (Lipinski definition) is 1. The minimum Gasteiger partial charge on any atom is -0.326 e. The normalized spacial score (nSPS) is 10.6. The van der Waals surface area contributed by atoms with Gasteiger partial charge in [0.2, 0.25) is 5.91 Å². The summed E-state index contributed by atoms with van der Waals surface area (Å²) < 4.78 is 1.10. The number of nitro benzene ring substituents is 1. The van der Waals surface area contributed by atoms with Crippen LogP contribution in [0.25, 0.3) is 10.2 Å². The van der Waals surface area contributed by atoms with E-state index >= 15 is 0 Å². The van der Waals surface area contributed by atoms with Crippen molar-refractivity contribution in [2.45, 2.75) is 12.8 Å². The number of aryl methyl sites for hydroxylation is 1. The van der Waals surface area contributed by atoms with E-state index in [1.165, 1.54) is 12.1 Å². The number of fused-ring (bicyclic) bond motifs is 1. The van der Waals surface area contributed by atoms with E-state index in [1.807, 2.05) is 24.3 Å². The van der Waals surface area contributed by atoms with Crippen molar-refractivity contribution >= 4 is 38.8 Å². The molecule has 6 nitrogen and oxygen atoms in total. The zero-order valence-corrected chi connectivity index (χ0v) is 12.9. The topological polar surface area (TPSA) is 85.1 Å². The average Bonchev–Trinajstić information content (AvgIpc) is 2.96. The van der Waals surface area contributed by atoms with Crippen molar-refractivity contribution in [2.75, 3.05) is 5.32 Å². The second-order valence-corrected chi connectivity index (χ2v) is 6.05. The van der Waals surface area contributed by atoms with Crippen LogP contribution in [0.1, 0.15) is 11.4 Å².